The Hall–Kier alpha value is -1.65. The normalized spacial score (nSPS) is 14.3. The molecule has 0 aliphatic heterocycles. The number of hydrogen-bond acceptors (Lipinski definition) is 4. The Morgan fingerprint density at radius 2 is 2.13 bits per heavy atom. The molecule has 5 heteroatoms. The molecule has 0 saturated heterocycles. The maximum absolute atomic E-state index is 11.0. The van der Waals surface area contributed by atoms with Crippen molar-refractivity contribution in [2.45, 2.75) is 26.3 Å². The van der Waals surface area contributed by atoms with Crippen LogP contribution in [-0.4, -0.2) is 27.1 Å². The first-order valence-electron chi connectivity index (χ1n) is 4.91. The van der Waals surface area contributed by atoms with Crippen LogP contribution in [0.5, 0.6) is 0 Å². The molecule has 1 heterocycles. The number of hydrogen-bond donors (Lipinski definition) is 2. The average Bonchev–Trinajstić information content (AvgIpc) is 2.26. The smallest absolute Gasteiger partial charge is 0.326 e. The summed E-state index contributed by atoms with van der Waals surface area (Å²) in [6, 6.07) is 1.04. The van der Waals surface area contributed by atoms with Gasteiger partial charge in [-0.1, -0.05) is 20.3 Å². The number of rotatable bonds is 5. The van der Waals surface area contributed by atoms with Crippen molar-refractivity contribution in [3.8, 4) is 0 Å². The largest absolute Gasteiger partial charge is 0.480 e. The molecule has 1 aromatic heterocycles. The second-order valence-corrected chi connectivity index (χ2v) is 3.42. The Labute approximate surface area is 88.6 Å². The van der Waals surface area contributed by atoms with Crippen LogP contribution < -0.4 is 5.32 Å². The zero-order valence-electron chi connectivity index (χ0n) is 8.84. The molecule has 15 heavy (non-hydrogen) atoms. The number of aromatic nitrogens is 2. The third kappa shape index (κ3) is 3.19. The molecule has 2 atom stereocenters. The lowest BCUT2D eigenvalue weighted by molar-refractivity contribution is -0.139. The molecule has 82 valence electrons. The summed E-state index contributed by atoms with van der Waals surface area (Å²) in [5, 5.41) is 11.8. The van der Waals surface area contributed by atoms with E-state index in [0.29, 0.717) is 5.95 Å². The minimum atomic E-state index is -0.878. The molecule has 0 aliphatic carbocycles. The first-order chi connectivity index (χ1) is 7.15. The molecule has 0 saturated carbocycles. The molecule has 0 radical (unpaired) electrons. The summed E-state index contributed by atoms with van der Waals surface area (Å²) in [5.41, 5.74) is 0. The quantitative estimate of drug-likeness (QED) is 0.766. The van der Waals surface area contributed by atoms with Crippen LogP contribution in [0.4, 0.5) is 5.95 Å². The van der Waals surface area contributed by atoms with E-state index < -0.39 is 12.0 Å². The fourth-order valence-corrected chi connectivity index (χ4v) is 1.20. The first-order valence-corrected chi connectivity index (χ1v) is 4.91. The Bertz CT molecular complexity index is 316. The molecule has 0 fully saturated rings. The number of nitrogens with zero attached hydrogens (tertiary/aromatic N) is 2. The monoisotopic (exact) mass is 209 g/mol. The lowest BCUT2D eigenvalue weighted by Gasteiger charge is -2.19. The van der Waals surface area contributed by atoms with Gasteiger partial charge in [0.05, 0.1) is 0 Å². The fraction of sp³-hybridized carbons (Fsp3) is 0.500. The van der Waals surface area contributed by atoms with Crippen molar-refractivity contribution >= 4 is 11.9 Å². The van der Waals surface area contributed by atoms with Gasteiger partial charge in [-0.2, -0.15) is 0 Å². The van der Waals surface area contributed by atoms with Gasteiger partial charge in [-0.05, 0) is 12.0 Å². The minimum absolute atomic E-state index is 0.0336. The second-order valence-electron chi connectivity index (χ2n) is 3.42. The van der Waals surface area contributed by atoms with Gasteiger partial charge in [0.2, 0.25) is 5.95 Å². The number of anilines is 1. The van der Waals surface area contributed by atoms with Crippen LogP contribution in [0.2, 0.25) is 0 Å². The summed E-state index contributed by atoms with van der Waals surface area (Å²) < 4.78 is 0. The Morgan fingerprint density at radius 1 is 1.53 bits per heavy atom. The average molecular weight is 209 g/mol. The van der Waals surface area contributed by atoms with Crippen LogP contribution >= 0.6 is 0 Å². The molecule has 5 nitrogen and oxygen atoms in total. The van der Waals surface area contributed by atoms with Gasteiger partial charge in [-0.3, -0.25) is 0 Å². The molecule has 0 unspecified atom stereocenters. The van der Waals surface area contributed by atoms with Gasteiger partial charge in [0, 0.05) is 12.4 Å². The summed E-state index contributed by atoms with van der Waals surface area (Å²) in [5.74, 6) is -0.492. The first kappa shape index (κ1) is 11.4. The van der Waals surface area contributed by atoms with E-state index in [1.54, 1.807) is 18.5 Å². The van der Waals surface area contributed by atoms with E-state index in [1.165, 1.54) is 0 Å². The molecule has 0 aliphatic rings. The Morgan fingerprint density at radius 3 is 2.60 bits per heavy atom. The summed E-state index contributed by atoms with van der Waals surface area (Å²) in [4.78, 5) is 18.9. The number of nitrogens with one attached hydrogen (secondary N) is 1. The Kier molecular flexibility index (Phi) is 4.03. The van der Waals surface area contributed by atoms with Crippen LogP contribution in [0.15, 0.2) is 18.5 Å². The van der Waals surface area contributed by atoms with Gasteiger partial charge in [-0.25, -0.2) is 14.8 Å². The maximum atomic E-state index is 11.0. The van der Waals surface area contributed by atoms with E-state index in [2.05, 4.69) is 15.3 Å². The molecule has 0 amide bonds. The number of aliphatic carboxylic acids is 1. The third-order valence-electron chi connectivity index (χ3n) is 2.33. The molecule has 1 aromatic rings. The fourth-order valence-electron chi connectivity index (χ4n) is 1.20. The third-order valence-corrected chi connectivity index (χ3v) is 2.33. The summed E-state index contributed by atoms with van der Waals surface area (Å²) in [7, 11) is 0. The summed E-state index contributed by atoms with van der Waals surface area (Å²) >= 11 is 0. The Balaban J connectivity index is 2.71. The standard InChI is InChI=1S/C10H15N3O2/c1-3-7(2)8(9(14)15)13-10-11-5-4-6-12-10/h4-8H,3H2,1-2H3,(H,14,15)(H,11,12,13)/t7-,8-/m0/s1. The topological polar surface area (TPSA) is 75.1 Å². The second kappa shape index (κ2) is 5.29. The van der Waals surface area contributed by atoms with Crippen molar-refractivity contribution in [3.63, 3.8) is 0 Å². The number of carboxylic acids is 1. The van der Waals surface area contributed by atoms with Crippen molar-refractivity contribution in [1.82, 2.24) is 9.97 Å². The van der Waals surface area contributed by atoms with Crippen LogP contribution in [-0.2, 0) is 4.79 Å². The van der Waals surface area contributed by atoms with Gasteiger partial charge in [-0.15, -0.1) is 0 Å². The van der Waals surface area contributed by atoms with Crippen LogP contribution in [0, 0.1) is 5.92 Å². The summed E-state index contributed by atoms with van der Waals surface area (Å²) in [6.07, 6.45) is 3.94. The van der Waals surface area contributed by atoms with Crippen LogP contribution in [0.3, 0.4) is 0 Å². The predicted molar refractivity (Wildman–Crippen MR) is 56.5 cm³/mol. The van der Waals surface area contributed by atoms with E-state index >= 15 is 0 Å². The predicted octanol–water partition coefficient (Wildman–Crippen LogP) is 1.39. The zero-order valence-corrected chi connectivity index (χ0v) is 8.84. The molecule has 0 bridgehead atoms. The molecular weight excluding hydrogens is 194 g/mol. The van der Waals surface area contributed by atoms with E-state index in [1.807, 2.05) is 13.8 Å². The van der Waals surface area contributed by atoms with E-state index in [9.17, 15) is 4.79 Å². The van der Waals surface area contributed by atoms with Crippen LogP contribution in [0.25, 0.3) is 0 Å². The van der Waals surface area contributed by atoms with Crippen molar-refractivity contribution in [2.24, 2.45) is 5.92 Å². The van der Waals surface area contributed by atoms with Gasteiger partial charge >= 0.3 is 5.97 Å². The SMILES string of the molecule is CC[C@H](C)[C@H](Nc1ncccn1)C(=O)O. The molecule has 2 N–H and O–H groups in total. The van der Waals surface area contributed by atoms with Crippen LogP contribution in [0.1, 0.15) is 20.3 Å². The van der Waals surface area contributed by atoms with E-state index in [0.717, 1.165) is 6.42 Å². The van der Waals surface area contributed by atoms with E-state index in [-0.39, 0.29) is 5.92 Å². The zero-order chi connectivity index (χ0) is 11.3. The highest BCUT2D eigenvalue weighted by Gasteiger charge is 2.23. The van der Waals surface area contributed by atoms with E-state index in [4.69, 9.17) is 5.11 Å². The molecule has 0 spiro atoms. The number of carboxylic acid groups (broad SMARTS) is 1. The van der Waals surface area contributed by atoms with Crippen molar-refractivity contribution in [1.29, 1.82) is 0 Å². The van der Waals surface area contributed by atoms with Crippen molar-refractivity contribution < 1.29 is 9.90 Å². The molecule has 0 aromatic carbocycles. The van der Waals surface area contributed by atoms with Gasteiger partial charge < -0.3 is 10.4 Å². The minimum Gasteiger partial charge on any atom is -0.480 e. The van der Waals surface area contributed by atoms with Gasteiger partial charge in [0.25, 0.3) is 0 Å². The highest BCUT2D eigenvalue weighted by molar-refractivity contribution is 5.76. The van der Waals surface area contributed by atoms with Crippen molar-refractivity contribution in [2.75, 3.05) is 5.32 Å². The van der Waals surface area contributed by atoms with Gasteiger partial charge in [0.15, 0.2) is 0 Å². The lowest BCUT2D eigenvalue weighted by Crippen LogP contribution is -2.35. The van der Waals surface area contributed by atoms with Crippen molar-refractivity contribution in [3.05, 3.63) is 18.5 Å². The molecule has 1 rings (SSSR count). The molecular formula is C10H15N3O2. The maximum Gasteiger partial charge on any atom is 0.326 e. The highest BCUT2D eigenvalue weighted by atomic mass is 16.4. The summed E-state index contributed by atoms with van der Waals surface area (Å²) in [6.45, 7) is 3.84. The highest BCUT2D eigenvalue weighted by Crippen LogP contribution is 2.11. The number of carbonyl (C=O) groups is 1. The lowest BCUT2D eigenvalue weighted by atomic mass is 10.00. The van der Waals surface area contributed by atoms with Gasteiger partial charge in [0.1, 0.15) is 6.04 Å².